The van der Waals surface area contributed by atoms with E-state index in [2.05, 4.69) is 0 Å². The SMILES string of the molecule is OC1(c2ccccc2)COc2ccccc2OC1. The molecule has 0 saturated heterocycles. The van der Waals surface area contributed by atoms with Gasteiger partial charge in [-0.2, -0.15) is 0 Å². The van der Waals surface area contributed by atoms with Gasteiger partial charge in [-0.25, -0.2) is 0 Å². The number of para-hydroxylation sites is 2. The van der Waals surface area contributed by atoms with Gasteiger partial charge < -0.3 is 14.6 Å². The van der Waals surface area contributed by atoms with E-state index in [1.54, 1.807) is 0 Å². The molecule has 0 radical (unpaired) electrons. The van der Waals surface area contributed by atoms with Gasteiger partial charge in [0.1, 0.15) is 13.2 Å². The van der Waals surface area contributed by atoms with Crippen LogP contribution in [0.2, 0.25) is 0 Å². The van der Waals surface area contributed by atoms with Gasteiger partial charge in [-0.3, -0.25) is 0 Å². The molecule has 0 aliphatic carbocycles. The maximum atomic E-state index is 10.6. The van der Waals surface area contributed by atoms with E-state index in [1.165, 1.54) is 0 Å². The number of benzene rings is 2. The number of fused-ring (bicyclic) bond motifs is 1. The Bertz CT molecular complexity index is 509. The van der Waals surface area contributed by atoms with Gasteiger partial charge in [0, 0.05) is 0 Å². The van der Waals surface area contributed by atoms with Crippen LogP contribution in [0.1, 0.15) is 5.56 Å². The minimum Gasteiger partial charge on any atom is -0.486 e. The van der Waals surface area contributed by atoms with Gasteiger partial charge in [-0.1, -0.05) is 42.5 Å². The summed E-state index contributed by atoms with van der Waals surface area (Å²) in [6.45, 7) is 0.377. The number of hydrogen-bond donors (Lipinski definition) is 1. The lowest BCUT2D eigenvalue weighted by molar-refractivity contribution is -0.0329. The highest BCUT2D eigenvalue weighted by molar-refractivity contribution is 5.40. The average Bonchev–Trinajstić information content (AvgIpc) is 2.61. The summed E-state index contributed by atoms with van der Waals surface area (Å²) >= 11 is 0. The molecule has 1 aliphatic rings. The molecule has 3 rings (SSSR count). The van der Waals surface area contributed by atoms with Crippen LogP contribution in [0.5, 0.6) is 11.5 Å². The largest absolute Gasteiger partial charge is 0.486 e. The highest BCUT2D eigenvalue weighted by atomic mass is 16.6. The summed E-state index contributed by atoms with van der Waals surface area (Å²) < 4.78 is 11.3. The van der Waals surface area contributed by atoms with Crippen LogP contribution >= 0.6 is 0 Å². The molecule has 1 N–H and O–H groups in total. The van der Waals surface area contributed by atoms with E-state index >= 15 is 0 Å². The minimum absolute atomic E-state index is 0.189. The Morgan fingerprint density at radius 2 is 1.28 bits per heavy atom. The fourth-order valence-corrected chi connectivity index (χ4v) is 2.04. The molecule has 0 amide bonds. The quantitative estimate of drug-likeness (QED) is 0.834. The van der Waals surface area contributed by atoms with Gasteiger partial charge in [0.25, 0.3) is 0 Å². The van der Waals surface area contributed by atoms with Crippen molar-refractivity contribution in [1.29, 1.82) is 0 Å². The number of hydrogen-bond acceptors (Lipinski definition) is 3. The topological polar surface area (TPSA) is 38.7 Å². The van der Waals surface area contributed by atoms with Crippen molar-refractivity contribution >= 4 is 0 Å². The first-order valence-electron chi connectivity index (χ1n) is 5.90. The molecule has 0 fully saturated rings. The molecule has 0 spiro atoms. The summed E-state index contributed by atoms with van der Waals surface area (Å²) in [6.07, 6.45) is 0. The van der Waals surface area contributed by atoms with Crippen molar-refractivity contribution in [3.63, 3.8) is 0 Å². The zero-order chi connectivity index (χ0) is 12.4. The van der Waals surface area contributed by atoms with Gasteiger partial charge in [-0.05, 0) is 17.7 Å². The van der Waals surface area contributed by atoms with Crippen molar-refractivity contribution in [2.75, 3.05) is 13.2 Å². The van der Waals surface area contributed by atoms with Crippen molar-refractivity contribution in [2.24, 2.45) is 0 Å². The molecule has 2 aromatic rings. The summed E-state index contributed by atoms with van der Waals surface area (Å²) in [7, 11) is 0. The standard InChI is InChI=1S/C15H14O3/c16-15(12-6-2-1-3-7-12)10-17-13-8-4-5-9-14(13)18-11-15/h1-9,16H,10-11H2. The Morgan fingerprint density at radius 3 is 1.83 bits per heavy atom. The maximum Gasteiger partial charge on any atom is 0.161 e. The second kappa shape index (κ2) is 4.35. The molecule has 3 nitrogen and oxygen atoms in total. The molecule has 0 atom stereocenters. The van der Waals surface area contributed by atoms with Crippen molar-refractivity contribution in [3.05, 3.63) is 60.2 Å². The molecular weight excluding hydrogens is 228 g/mol. The van der Waals surface area contributed by atoms with E-state index in [9.17, 15) is 5.11 Å². The molecule has 3 heteroatoms. The molecule has 0 aromatic heterocycles. The van der Waals surface area contributed by atoms with Crippen LogP contribution in [0.4, 0.5) is 0 Å². The zero-order valence-electron chi connectivity index (χ0n) is 9.87. The Morgan fingerprint density at radius 1 is 0.778 bits per heavy atom. The van der Waals surface area contributed by atoms with Crippen LogP contribution in [0.3, 0.4) is 0 Å². The van der Waals surface area contributed by atoms with Gasteiger partial charge in [0.2, 0.25) is 0 Å². The van der Waals surface area contributed by atoms with Gasteiger partial charge in [-0.15, -0.1) is 0 Å². The highest BCUT2D eigenvalue weighted by Gasteiger charge is 2.34. The summed E-state index contributed by atoms with van der Waals surface area (Å²) in [5.74, 6) is 1.34. The zero-order valence-corrected chi connectivity index (χ0v) is 9.87. The third-order valence-corrected chi connectivity index (χ3v) is 3.09. The molecule has 2 aromatic carbocycles. The average molecular weight is 242 g/mol. The number of ether oxygens (including phenoxy) is 2. The predicted molar refractivity (Wildman–Crippen MR) is 67.8 cm³/mol. The van der Waals surface area contributed by atoms with Crippen molar-refractivity contribution in [1.82, 2.24) is 0 Å². The molecule has 1 aliphatic heterocycles. The first-order chi connectivity index (χ1) is 8.78. The lowest BCUT2D eigenvalue weighted by Crippen LogP contribution is -2.37. The first kappa shape index (κ1) is 11.1. The first-order valence-corrected chi connectivity index (χ1v) is 5.90. The lowest BCUT2D eigenvalue weighted by atomic mass is 9.96. The molecular formula is C15H14O3. The van der Waals surface area contributed by atoms with Crippen LogP contribution in [0, 0.1) is 0 Å². The van der Waals surface area contributed by atoms with E-state index < -0.39 is 5.60 Å². The fraction of sp³-hybridized carbons (Fsp3) is 0.200. The molecule has 18 heavy (non-hydrogen) atoms. The van der Waals surface area contributed by atoms with Crippen LogP contribution in [0.25, 0.3) is 0 Å². The normalized spacial score (nSPS) is 16.9. The molecule has 92 valence electrons. The fourth-order valence-electron chi connectivity index (χ4n) is 2.04. The second-order valence-electron chi connectivity index (χ2n) is 4.42. The monoisotopic (exact) mass is 242 g/mol. The maximum absolute atomic E-state index is 10.6. The number of rotatable bonds is 1. The summed E-state index contributed by atoms with van der Waals surface area (Å²) in [5.41, 5.74) is -0.307. The Hall–Kier alpha value is -2.00. The van der Waals surface area contributed by atoms with Gasteiger partial charge in [0.05, 0.1) is 0 Å². The minimum atomic E-state index is -1.11. The summed E-state index contributed by atoms with van der Waals surface area (Å²) in [6, 6.07) is 16.9. The van der Waals surface area contributed by atoms with E-state index in [0.717, 1.165) is 5.56 Å². The van der Waals surface area contributed by atoms with Crippen LogP contribution in [0.15, 0.2) is 54.6 Å². The second-order valence-corrected chi connectivity index (χ2v) is 4.42. The van der Waals surface area contributed by atoms with E-state index in [0.29, 0.717) is 11.5 Å². The summed E-state index contributed by atoms with van der Waals surface area (Å²) in [5, 5.41) is 10.6. The Kier molecular flexibility index (Phi) is 2.68. The van der Waals surface area contributed by atoms with Gasteiger partial charge >= 0.3 is 0 Å². The van der Waals surface area contributed by atoms with Crippen LogP contribution < -0.4 is 9.47 Å². The van der Waals surface area contributed by atoms with E-state index in [4.69, 9.17) is 9.47 Å². The van der Waals surface area contributed by atoms with Crippen molar-refractivity contribution in [2.45, 2.75) is 5.60 Å². The molecule has 0 bridgehead atoms. The molecule has 0 saturated carbocycles. The predicted octanol–water partition coefficient (Wildman–Crippen LogP) is 2.35. The Labute approximate surface area is 106 Å². The molecule has 1 heterocycles. The molecule has 0 unspecified atom stereocenters. The lowest BCUT2D eigenvalue weighted by Gasteiger charge is -2.25. The van der Waals surface area contributed by atoms with Crippen molar-refractivity contribution in [3.8, 4) is 11.5 Å². The summed E-state index contributed by atoms with van der Waals surface area (Å²) in [4.78, 5) is 0. The van der Waals surface area contributed by atoms with Crippen LogP contribution in [-0.2, 0) is 5.60 Å². The van der Waals surface area contributed by atoms with Crippen LogP contribution in [-0.4, -0.2) is 18.3 Å². The smallest absolute Gasteiger partial charge is 0.161 e. The number of aliphatic hydroxyl groups is 1. The van der Waals surface area contributed by atoms with Gasteiger partial charge in [0.15, 0.2) is 17.1 Å². The highest BCUT2D eigenvalue weighted by Crippen LogP contribution is 2.33. The van der Waals surface area contributed by atoms with Crippen molar-refractivity contribution < 1.29 is 14.6 Å². The van der Waals surface area contributed by atoms with E-state index in [-0.39, 0.29) is 13.2 Å². The third-order valence-electron chi connectivity index (χ3n) is 3.09. The third kappa shape index (κ3) is 1.93. The van der Waals surface area contributed by atoms with E-state index in [1.807, 2.05) is 54.6 Å². The Balaban J connectivity index is 1.91.